The molecule has 0 saturated carbocycles. The summed E-state index contributed by atoms with van der Waals surface area (Å²) >= 11 is 0. The number of carbonyl (C=O) groups is 1. The van der Waals surface area contributed by atoms with Gasteiger partial charge in [0, 0.05) is 35.9 Å². The average Bonchev–Trinajstić information content (AvgIpc) is 3.23. The van der Waals surface area contributed by atoms with Crippen molar-refractivity contribution in [3.63, 3.8) is 0 Å². The third kappa shape index (κ3) is 3.96. The Balaban J connectivity index is 1.42. The molecule has 1 aliphatic heterocycles. The fraction of sp³-hybridized carbons (Fsp3) is 0.269. The molecular formula is C26H26N4O. The molecule has 0 unspecified atom stereocenters. The Morgan fingerprint density at radius 3 is 2.52 bits per heavy atom. The zero-order chi connectivity index (χ0) is 21.4. The summed E-state index contributed by atoms with van der Waals surface area (Å²) in [5.74, 6) is 0.0133. The van der Waals surface area contributed by atoms with Crippen LogP contribution in [0.5, 0.6) is 0 Å². The molecule has 5 heteroatoms. The van der Waals surface area contributed by atoms with E-state index in [0.717, 1.165) is 59.5 Å². The standard InChI is InChI=1S/C26H26N4O/c1-26(2)11-13-30(14-12-26)25(31)22-10-6-9-21(28-22)20-15-19-16-23(29-24(19)27-17-20)18-7-4-3-5-8-18/h3-10,15-17H,11-14H2,1-2H3,(H,27,29). The summed E-state index contributed by atoms with van der Waals surface area (Å²) in [7, 11) is 0. The van der Waals surface area contributed by atoms with Gasteiger partial charge in [-0.25, -0.2) is 9.97 Å². The van der Waals surface area contributed by atoms with E-state index >= 15 is 0 Å². The molecule has 4 heterocycles. The number of hydrogen-bond acceptors (Lipinski definition) is 3. The highest BCUT2D eigenvalue weighted by Gasteiger charge is 2.28. The van der Waals surface area contributed by atoms with E-state index in [-0.39, 0.29) is 5.91 Å². The summed E-state index contributed by atoms with van der Waals surface area (Å²) in [6, 6.07) is 20.0. The van der Waals surface area contributed by atoms with Gasteiger partial charge >= 0.3 is 0 Å². The highest BCUT2D eigenvalue weighted by molar-refractivity contribution is 5.93. The smallest absolute Gasteiger partial charge is 0.272 e. The van der Waals surface area contributed by atoms with E-state index in [1.165, 1.54) is 0 Å². The monoisotopic (exact) mass is 410 g/mol. The van der Waals surface area contributed by atoms with Crippen LogP contribution in [0.15, 0.2) is 66.9 Å². The molecule has 5 rings (SSSR count). The van der Waals surface area contributed by atoms with Crippen molar-refractivity contribution in [1.82, 2.24) is 19.9 Å². The topological polar surface area (TPSA) is 61.9 Å². The maximum atomic E-state index is 13.0. The molecule has 0 radical (unpaired) electrons. The van der Waals surface area contributed by atoms with Gasteiger partial charge in [0.15, 0.2) is 0 Å². The van der Waals surface area contributed by atoms with E-state index in [9.17, 15) is 4.79 Å². The van der Waals surface area contributed by atoms with Crippen LogP contribution >= 0.6 is 0 Å². The molecule has 0 bridgehead atoms. The Hall–Kier alpha value is -3.47. The summed E-state index contributed by atoms with van der Waals surface area (Å²) in [5.41, 5.74) is 5.47. The van der Waals surface area contributed by atoms with Crippen molar-refractivity contribution in [2.45, 2.75) is 26.7 Å². The van der Waals surface area contributed by atoms with Crippen LogP contribution in [0.1, 0.15) is 37.2 Å². The molecular weight excluding hydrogens is 384 g/mol. The molecule has 1 fully saturated rings. The third-order valence-corrected chi connectivity index (χ3v) is 6.22. The van der Waals surface area contributed by atoms with Crippen molar-refractivity contribution in [1.29, 1.82) is 0 Å². The first kappa shape index (κ1) is 19.5. The molecule has 0 atom stereocenters. The van der Waals surface area contributed by atoms with Crippen molar-refractivity contribution in [2.24, 2.45) is 5.41 Å². The summed E-state index contributed by atoms with van der Waals surface area (Å²) < 4.78 is 0. The van der Waals surface area contributed by atoms with Gasteiger partial charge in [-0.15, -0.1) is 0 Å². The van der Waals surface area contributed by atoms with E-state index in [1.54, 1.807) is 6.07 Å². The van der Waals surface area contributed by atoms with Crippen molar-refractivity contribution < 1.29 is 4.79 Å². The number of nitrogens with one attached hydrogen (secondary N) is 1. The molecule has 5 nitrogen and oxygen atoms in total. The normalized spacial score (nSPS) is 15.9. The number of fused-ring (bicyclic) bond motifs is 1. The number of hydrogen-bond donors (Lipinski definition) is 1. The largest absolute Gasteiger partial charge is 0.339 e. The summed E-state index contributed by atoms with van der Waals surface area (Å²) in [6.07, 6.45) is 3.86. The van der Waals surface area contributed by atoms with Crippen LogP contribution in [0.25, 0.3) is 33.5 Å². The van der Waals surface area contributed by atoms with Crippen molar-refractivity contribution >= 4 is 16.9 Å². The first-order chi connectivity index (χ1) is 15.0. The number of nitrogens with zero attached hydrogens (tertiary/aromatic N) is 3. The Bertz CT molecular complexity index is 1230. The Kier molecular flexibility index (Phi) is 4.81. The molecule has 0 aliphatic carbocycles. The minimum absolute atomic E-state index is 0.0133. The van der Waals surface area contributed by atoms with Crippen LogP contribution in [0.3, 0.4) is 0 Å². The van der Waals surface area contributed by atoms with Crippen molar-refractivity contribution in [3.8, 4) is 22.5 Å². The van der Waals surface area contributed by atoms with Gasteiger partial charge < -0.3 is 9.88 Å². The van der Waals surface area contributed by atoms with Gasteiger partial charge in [-0.05, 0) is 48.1 Å². The molecule has 1 aliphatic rings. The maximum Gasteiger partial charge on any atom is 0.272 e. The van der Waals surface area contributed by atoms with E-state index in [4.69, 9.17) is 0 Å². The average molecular weight is 411 g/mol. The summed E-state index contributed by atoms with van der Waals surface area (Å²) in [6.45, 7) is 6.11. The Morgan fingerprint density at radius 2 is 1.74 bits per heavy atom. The van der Waals surface area contributed by atoms with E-state index in [0.29, 0.717) is 11.1 Å². The van der Waals surface area contributed by atoms with Gasteiger partial charge in [0.05, 0.1) is 5.69 Å². The van der Waals surface area contributed by atoms with Crippen LogP contribution in [0, 0.1) is 5.41 Å². The quantitative estimate of drug-likeness (QED) is 0.481. The van der Waals surface area contributed by atoms with Gasteiger partial charge in [-0.1, -0.05) is 50.2 Å². The third-order valence-electron chi connectivity index (χ3n) is 6.22. The summed E-state index contributed by atoms with van der Waals surface area (Å²) in [5, 5.41) is 1.02. The minimum atomic E-state index is 0.0133. The Labute approximate surface area is 182 Å². The molecule has 31 heavy (non-hydrogen) atoms. The molecule has 4 aromatic rings. The number of piperidine rings is 1. The predicted molar refractivity (Wildman–Crippen MR) is 124 cm³/mol. The van der Waals surface area contributed by atoms with E-state index in [1.807, 2.05) is 41.4 Å². The van der Waals surface area contributed by atoms with Crippen LogP contribution in [-0.4, -0.2) is 38.8 Å². The highest BCUT2D eigenvalue weighted by atomic mass is 16.2. The number of aromatic nitrogens is 3. The number of rotatable bonds is 3. The van der Waals surface area contributed by atoms with Crippen molar-refractivity contribution in [3.05, 3.63) is 72.6 Å². The number of benzene rings is 1. The zero-order valence-corrected chi connectivity index (χ0v) is 17.9. The number of H-pyrrole nitrogens is 1. The lowest BCUT2D eigenvalue weighted by Crippen LogP contribution is -2.41. The Morgan fingerprint density at radius 1 is 0.968 bits per heavy atom. The number of amides is 1. The fourth-order valence-corrected chi connectivity index (χ4v) is 4.12. The van der Waals surface area contributed by atoms with Crippen LogP contribution in [0.2, 0.25) is 0 Å². The van der Waals surface area contributed by atoms with E-state index in [2.05, 4.69) is 53.1 Å². The van der Waals surface area contributed by atoms with Gasteiger partial charge in [-0.2, -0.15) is 0 Å². The first-order valence-corrected chi connectivity index (χ1v) is 10.8. The first-order valence-electron chi connectivity index (χ1n) is 10.8. The molecule has 1 N–H and O–H groups in total. The zero-order valence-electron chi connectivity index (χ0n) is 17.9. The maximum absolute atomic E-state index is 13.0. The molecule has 156 valence electrons. The lowest BCUT2D eigenvalue weighted by atomic mass is 9.82. The molecule has 0 spiro atoms. The second-order valence-corrected chi connectivity index (χ2v) is 9.08. The molecule has 1 aromatic carbocycles. The fourth-order valence-electron chi connectivity index (χ4n) is 4.12. The molecule has 1 amide bonds. The SMILES string of the molecule is CC1(C)CCN(C(=O)c2cccc(-c3cnc4[nH]c(-c5ccccc5)cc4c3)n2)CC1. The highest BCUT2D eigenvalue weighted by Crippen LogP contribution is 2.31. The molecule has 1 saturated heterocycles. The number of pyridine rings is 2. The van der Waals surface area contributed by atoms with Crippen molar-refractivity contribution in [2.75, 3.05) is 13.1 Å². The van der Waals surface area contributed by atoms with Crippen LogP contribution in [-0.2, 0) is 0 Å². The minimum Gasteiger partial charge on any atom is -0.339 e. The number of likely N-dealkylation sites (tertiary alicyclic amines) is 1. The van der Waals surface area contributed by atoms with E-state index < -0.39 is 0 Å². The van der Waals surface area contributed by atoms with Gasteiger partial charge in [0.2, 0.25) is 0 Å². The number of aromatic amines is 1. The van der Waals surface area contributed by atoms with Gasteiger partial charge in [-0.3, -0.25) is 4.79 Å². The van der Waals surface area contributed by atoms with Crippen LogP contribution < -0.4 is 0 Å². The second kappa shape index (κ2) is 7.65. The summed E-state index contributed by atoms with van der Waals surface area (Å²) in [4.78, 5) is 27.6. The predicted octanol–water partition coefficient (Wildman–Crippen LogP) is 5.55. The molecule has 3 aromatic heterocycles. The lowest BCUT2D eigenvalue weighted by Gasteiger charge is -2.36. The van der Waals surface area contributed by atoms with Crippen LogP contribution in [0.4, 0.5) is 0 Å². The van der Waals surface area contributed by atoms with Gasteiger partial charge in [0.25, 0.3) is 5.91 Å². The second-order valence-electron chi connectivity index (χ2n) is 9.08. The lowest BCUT2D eigenvalue weighted by molar-refractivity contribution is 0.0624. The van der Waals surface area contributed by atoms with Gasteiger partial charge in [0.1, 0.15) is 11.3 Å². The number of carbonyl (C=O) groups excluding carboxylic acids is 1.